The largest absolute Gasteiger partial charge is 0.510 e. The van der Waals surface area contributed by atoms with Crippen molar-refractivity contribution in [1.82, 2.24) is 14.1 Å². The second-order valence-electron chi connectivity index (χ2n) is 22.8. The number of ether oxygens (including phenoxy) is 1. The van der Waals surface area contributed by atoms with Crippen molar-refractivity contribution in [3.63, 3.8) is 0 Å². The van der Waals surface area contributed by atoms with Gasteiger partial charge in [0, 0.05) is 44.3 Å². The number of hydrogen-bond acceptors (Lipinski definition) is 2. The molecule has 0 radical (unpaired) electrons. The minimum absolute atomic E-state index is 0. The summed E-state index contributed by atoms with van der Waals surface area (Å²) >= 11 is 0. The van der Waals surface area contributed by atoms with Gasteiger partial charge in [0.2, 0.25) is 0 Å². The molecule has 14 aromatic rings. The van der Waals surface area contributed by atoms with Crippen LogP contribution in [-0.2, 0) is 31.9 Å². The fourth-order valence-electron chi connectivity index (χ4n) is 11.2. The van der Waals surface area contributed by atoms with Crippen LogP contribution in [0.25, 0.3) is 128 Å². The zero-order valence-electron chi connectivity index (χ0n) is 68.1. The first-order valence-electron chi connectivity index (χ1n) is 38.1. The van der Waals surface area contributed by atoms with Crippen molar-refractivity contribution < 1.29 is 59.2 Å². The molecule has 0 aliphatic carbocycles. The van der Waals surface area contributed by atoms with Crippen molar-refractivity contribution in [2.75, 3.05) is 0 Å². The summed E-state index contributed by atoms with van der Waals surface area (Å²) in [6.07, 6.45) is 5.33. The Morgan fingerprint density at radius 2 is 1.03 bits per heavy atom. The summed E-state index contributed by atoms with van der Waals surface area (Å²) < 4.78 is 210. The van der Waals surface area contributed by atoms with Crippen molar-refractivity contribution >= 4 is 32.8 Å². The van der Waals surface area contributed by atoms with Crippen LogP contribution in [0.4, 0.5) is 0 Å². The maximum absolute atomic E-state index is 10.4. The fourth-order valence-corrected chi connectivity index (χ4v) is 11.2. The molecule has 0 bridgehead atoms. The zero-order valence-corrected chi connectivity index (χ0v) is 49.4. The Kier molecular flexibility index (Phi) is 8.87. The van der Waals surface area contributed by atoms with Gasteiger partial charge in [0.1, 0.15) is 5.82 Å². The number of imidazole rings is 1. The molecule has 1 aliphatic rings. The third kappa shape index (κ3) is 9.57. The van der Waals surface area contributed by atoms with E-state index in [0.717, 1.165) is 27.4 Å². The van der Waals surface area contributed by atoms with Gasteiger partial charge >= 0.3 is 0 Å². The number of fused-ring (bicyclic) bond motifs is 10. The first kappa shape index (κ1) is 35.6. The van der Waals surface area contributed by atoms with E-state index in [1.165, 1.54) is 16.7 Å². The second-order valence-corrected chi connectivity index (χ2v) is 22.8. The van der Waals surface area contributed by atoms with Crippen LogP contribution in [0.3, 0.4) is 0 Å². The fraction of sp³-hybridized carbons (Fsp3) is 0.100. The molecule has 0 amide bonds. The van der Waals surface area contributed by atoms with Crippen molar-refractivity contribution in [1.29, 1.82) is 0 Å². The van der Waals surface area contributed by atoms with E-state index in [1.54, 1.807) is 47.2 Å². The Morgan fingerprint density at radius 3 is 1.70 bits per heavy atom. The van der Waals surface area contributed by atoms with Gasteiger partial charge in [-0.05, 0) is 153 Å². The van der Waals surface area contributed by atoms with E-state index in [1.807, 2.05) is 77.4 Å². The minimum Gasteiger partial charge on any atom is -0.510 e. The van der Waals surface area contributed by atoms with Gasteiger partial charge in [-0.2, -0.15) is 18.2 Å². The number of rotatable bonds is 8. The Morgan fingerprint density at radius 1 is 0.453 bits per heavy atom. The normalized spacial score (nSPS) is 15.4. The van der Waals surface area contributed by atoms with Gasteiger partial charge in [-0.25, -0.2) is 4.98 Å². The third-order valence-corrected chi connectivity index (χ3v) is 15.4. The predicted molar refractivity (Wildman–Crippen MR) is 349 cm³/mol. The van der Waals surface area contributed by atoms with Gasteiger partial charge in [0.15, 0.2) is 0 Å². The third-order valence-electron chi connectivity index (χ3n) is 15.4. The molecule has 0 spiro atoms. The van der Waals surface area contributed by atoms with Crippen molar-refractivity contribution in [2.24, 2.45) is 0 Å². The molecule has 0 saturated carbocycles. The van der Waals surface area contributed by atoms with Crippen molar-refractivity contribution in [3.05, 3.63) is 284 Å². The standard InChI is InChI=1S/C80H60N4O.Pt/c1-79(2,3)59-37-35-54(36-38-59)64-32-20-33-71-67-29-15-13-27-65(67)66-28-14-16-30-68(66)72-46-58(57-44-55(52-21-9-7-10-22-52)43-56(45-57)53-23-11-8-12-24-53)47-75-78(72)83(77(64)71)51-82(75)61-25-19-26-62(49-61)85-63-39-40-70-69-31-17-18-34-73(69)84(74(70)50-63)76-48-60(41-42-81-76)80(4,5)6;/h7-48H,1-6H3;/q-2;/i7D,8D,9D,10D,11D,12D,13D,14D,15D,16D,21D,22D,23D,24D,27D,28D,29D,30D,43D,44D,45D;. The SMILES string of the molecule is [2H]c1c([2H])c([2H])c(-c2c([2H])c(-c3cc4c5c(c3)n(-c3[c-]c(Oc6[c-]c7c(cc6)c6ccccc6n7-c6cc(C(C)(C)C)ccn6)ccc3)[c-][n+]5-c3c(-c5ccc(C(C)(C)C)cc5)cccc3-c3c([2H])c([2H])c([2H])c([2H])c3-c3c([2H])c([2H])c([2H])c([2H])c3-4)c([2H])c(-c3c([2H])c([2H])c([2H])c([2H])c3[2H])c2[2H])c([2H])c1[2H].[Pt]. The van der Waals surface area contributed by atoms with E-state index in [9.17, 15) is 20.6 Å². The quantitative estimate of drug-likeness (QED) is 0.112. The summed E-state index contributed by atoms with van der Waals surface area (Å²) in [6.45, 7) is 12.6. The predicted octanol–water partition coefficient (Wildman–Crippen LogP) is 20.2. The number of pyridine rings is 1. The molecule has 0 N–H and O–H groups in total. The van der Waals surface area contributed by atoms with Gasteiger partial charge in [0.05, 0.1) is 45.5 Å². The molecule has 3 aromatic heterocycles. The molecule has 0 atom stereocenters. The smallest absolute Gasteiger partial charge is 0.268 e. The Balaban J connectivity index is 0.00000960. The van der Waals surface area contributed by atoms with Crippen LogP contribution in [0.1, 0.15) is 81.5 Å². The number of nitrogens with zero attached hydrogens (tertiary/aromatic N) is 4. The van der Waals surface area contributed by atoms with Gasteiger partial charge < -0.3 is 13.9 Å². The van der Waals surface area contributed by atoms with E-state index in [4.69, 9.17) is 17.9 Å². The van der Waals surface area contributed by atoms with Crippen LogP contribution in [0.15, 0.2) is 254 Å². The maximum atomic E-state index is 10.4. The first-order valence-corrected chi connectivity index (χ1v) is 27.6. The van der Waals surface area contributed by atoms with Crippen LogP contribution in [0.5, 0.6) is 11.5 Å². The molecule has 1 aliphatic heterocycles. The summed E-state index contributed by atoms with van der Waals surface area (Å²) in [5.41, 5.74) is -0.278. The first-order chi connectivity index (χ1) is 50.1. The maximum Gasteiger partial charge on any atom is 0.268 e. The van der Waals surface area contributed by atoms with E-state index < -0.39 is 160 Å². The minimum atomic E-state index is -0.918. The monoisotopic (exact) mass is 1310 g/mol. The number of benzene rings is 11. The Bertz CT molecular complexity index is 6080. The van der Waals surface area contributed by atoms with Crippen molar-refractivity contribution in [2.45, 2.75) is 52.4 Å². The molecule has 418 valence electrons. The molecule has 5 nitrogen and oxygen atoms in total. The summed E-state index contributed by atoms with van der Waals surface area (Å²) in [7, 11) is 0. The van der Waals surface area contributed by atoms with E-state index in [-0.39, 0.29) is 99.2 Å². The topological polar surface area (TPSA) is 35.9 Å². The number of hydrogen-bond donors (Lipinski definition) is 0. The van der Waals surface area contributed by atoms with Gasteiger partial charge in [-0.1, -0.05) is 223 Å². The molecular formula is C80H60N4OPt-2. The molecule has 6 heteroatoms. The van der Waals surface area contributed by atoms with Gasteiger partial charge in [-0.3, -0.25) is 4.57 Å². The molecule has 15 rings (SSSR count). The van der Waals surface area contributed by atoms with Crippen LogP contribution in [0, 0.1) is 18.5 Å². The van der Waals surface area contributed by atoms with E-state index in [2.05, 4.69) is 60.0 Å². The molecule has 86 heavy (non-hydrogen) atoms. The summed E-state index contributed by atoms with van der Waals surface area (Å²) in [5.74, 6) is 1.04. The zero-order chi connectivity index (χ0) is 75.8. The van der Waals surface area contributed by atoms with Crippen LogP contribution >= 0.6 is 0 Å². The Labute approximate surface area is 546 Å². The molecule has 0 unspecified atom stereocenters. The molecule has 0 fully saturated rings. The average Bonchev–Trinajstić information content (AvgIpc) is 1.63. The summed E-state index contributed by atoms with van der Waals surface area (Å²) in [6, 6.07) is 26.4. The Hall–Kier alpha value is -9.67. The van der Waals surface area contributed by atoms with Crippen LogP contribution in [-0.4, -0.2) is 14.1 Å². The van der Waals surface area contributed by atoms with Gasteiger partial charge in [0.25, 0.3) is 6.33 Å². The van der Waals surface area contributed by atoms with E-state index >= 15 is 0 Å². The van der Waals surface area contributed by atoms with Crippen LogP contribution in [0.2, 0.25) is 0 Å². The van der Waals surface area contributed by atoms with Crippen LogP contribution < -0.4 is 9.30 Å². The molecule has 11 aromatic carbocycles. The number of aromatic nitrogens is 4. The van der Waals surface area contributed by atoms with E-state index in [0.29, 0.717) is 22.5 Å². The summed E-state index contributed by atoms with van der Waals surface area (Å²) in [5, 5.41) is 1.80. The summed E-state index contributed by atoms with van der Waals surface area (Å²) in [4.78, 5) is 4.85. The molecule has 0 saturated heterocycles. The van der Waals surface area contributed by atoms with Gasteiger partial charge in [-0.15, -0.1) is 29.7 Å². The van der Waals surface area contributed by atoms with Crippen molar-refractivity contribution in [3.8, 4) is 107 Å². The number of para-hydroxylation sites is 2. The molecular weight excluding hydrogens is 1230 g/mol. The average molecular weight is 1310 g/mol. The second kappa shape index (κ2) is 21.4. The molecule has 4 heterocycles.